The molecule has 0 saturated carbocycles. The van der Waals surface area contributed by atoms with Crippen LogP contribution in [0.15, 0.2) is 10.6 Å². The van der Waals surface area contributed by atoms with Gasteiger partial charge in [-0.3, -0.25) is 4.79 Å². The second-order valence-corrected chi connectivity index (χ2v) is 4.37. The highest BCUT2D eigenvalue weighted by atomic mass is 16.5. The van der Waals surface area contributed by atoms with Gasteiger partial charge in [0.15, 0.2) is 0 Å². The second kappa shape index (κ2) is 6.77. The van der Waals surface area contributed by atoms with E-state index in [1.165, 1.54) is 4.90 Å². The van der Waals surface area contributed by atoms with Gasteiger partial charge in [-0.1, -0.05) is 12.1 Å². The van der Waals surface area contributed by atoms with E-state index in [1.54, 1.807) is 26.8 Å². The molecule has 2 amide bonds. The molecule has 0 radical (unpaired) electrons. The van der Waals surface area contributed by atoms with E-state index < -0.39 is 11.9 Å². The summed E-state index contributed by atoms with van der Waals surface area (Å²) in [5, 5.41) is 15.3. The molecule has 1 heterocycles. The number of urea groups is 1. The Kier molecular flexibility index (Phi) is 5.35. The second-order valence-electron chi connectivity index (χ2n) is 4.37. The topological polar surface area (TPSA) is 95.7 Å². The van der Waals surface area contributed by atoms with Gasteiger partial charge in [-0.05, 0) is 13.8 Å². The first kappa shape index (κ1) is 15.0. The number of nitrogens with one attached hydrogen (secondary N) is 1. The summed E-state index contributed by atoms with van der Waals surface area (Å²) < 4.78 is 4.89. The molecule has 1 rings (SSSR count). The Morgan fingerprint density at radius 1 is 1.58 bits per heavy atom. The molecule has 1 aromatic heterocycles. The summed E-state index contributed by atoms with van der Waals surface area (Å²) in [4.78, 5) is 24.1. The van der Waals surface area contributed by atoms with E-state index in [0.29, 0.717) is 18.0 Å². The maximum atomic E-state index is 11.9. The van der Waals surface area contributed by atoms with E-state index in [9.17, 15) is 9.59 Å². The minimum Gasteiger partial charge on any atom is -0.481 e. The Morgan fingerprint density at radius 2 is 2.26 bits per heavy atom. The highest BCUT2D eigenvalue weighted by Gasteiger charge is 2.19. The molecule has 106 valence electrons. The molecule has 0 spiro atoms. The van der Waals surface area contributed by atoms with Crippen LogP contribution in [0.4, 0.5) is 4.79 Å². The van der Waals surface area contributed by atoms with Crippen molar-refractivity contribution in [3.05, 3.63) is 17.5 Å². The van der Waals surface area contributed by atoms with Gasteiger partial charge in [0.05, 0.1) is 12.5 Å². The molecule has 1 unspecified atom stereocenters. The van der Waals surface area contributed by atoms with Crippen LogP contribution in [-0.4, -0.2) is 40.3 Å². The molecule has 0 aliphatic heterocycles. The molecule has 0 bridgehead atoms. The molecule has 0 aliphatic rings. The minimum absolute atomic E-state index is 0.176. The number of aryl methyl sites for hydroxylation is 1. The largest absolute Gasteiger partial charge is 0.481 e. The van der Waals surface area contributed by atoms with Crippen LogP contribution in [0.3, 0.4) is 0 Å². The Labute approximate surface area is 111 Å². The van der Waals surface area contributed by atoms with Gasteiger partial charge in [0.2, 0.25) is 0 Å². The lowest BCUT2D eigenvalue weighted by atomic mass is 10.2. The number of rotatable bonds is 6. The third-order valence-electron chi connectivity index (χ3n) is 2.68. The first-order valence-electron chi connectivity index (χ1n) is 6.11. The number of aromatic nitrogens is 1. The maximum absolute atomic E-state index is 11.9. The third-order valence-corrected chi connectivity index (χ3v) is 2.68. The molecule has 2 N–H and O–H groups in total. The first-order valence-corrected chi connectivity index (χ1v) is 6.11. The Morgan fingerprint density at radius 3 is 2.74 bits per heavy atom. The smallest absolute Gasteiger partial charge is 0.317 e. The summed E-state index contributed by atoms with van der Waals surface area (Å²) >= 11 is 0. The van der Waals surface area contributed by atoms with Gasteiger partial charge in [-0.25, -0.2) is 4.79 Å². The fourth-order valence-corrected chi connectivity index (χ4v) is 1.54. The number of amides is 2. The molecule has 7 heteroatoms. The van der Waals surface area contributed by atoms with Crippen molar-refractivity contribution in [2.75, 3.05) is 13.1 Å². The number of carboxylic acids is 1. The summed E-state index contributed by atoms with van der Waals surface area (Å²) in [5.74, 6) is -0.838. The SMILES string of the molecule is CCN(CC(C)C(=O)O)C(=O)NCc1cc(C)on1. The Hall–Kier alpha value is -2.05. The zero-order valence-corrected chi connectivity index (χ0v) is 11.3. The van der Waals surface area contributed by atoms with Gasteiger partial charge in [-0.15, -0.1) is 0 Å². The molecule has 0 fully saturated rings. The number of hydrogen-bond donors (Lipinski definition) is 2. The lowest BCUT2D eigenvalue weighted by Gasteiger charge is -2.22. The van der Waals surface area contributed by atoms with Crippen molar-refractivity contribution in [3.8, 4) is 0 Å². The summed E-state index contributed by atoms with van der Waals surface area (Å²) in [7, 11) is 0. The molecule has 1 atom stereocenters. The molecule has 19 heavy (non-hydrogen) atoms. The fourth-order valence-electron chi connectivity index (χ4n) is 1.54. The van der Waals surface area contributed by atoms with Crippen LogP contribution in [0, 0.1) is 12.8 Å². The number of nitrogens with zero attached hydrogens (tertiary/aromatic N) is 2. The van der Waals surface area contributed by atoms with Crippen LogP contribution in [-0.2, 0) is 11.3 Å². The van der Waals surface area contributed by atoms with E-state index in [4.69, 9.17) is 9.63 Å². The van der Waals surface area contributed by atoms with Gasteiger partial charge in [0.25, 0.3) is 0 Å². The van der Waals surface area contributed by atoms with Crippen LogP contribution >= 0.6 is 0 Å². The van der Waals surface area contributed by atoms with Gasteiger partial charge in [0.1, 0.15) is 11.5 Å². The van der Waals surface area contributed by atoms with Crippen molar-refractivity contribution < 1.29 is 19.2 Å². The third kappa shape index (κ3) is 4.61. The van der Waals surface area contributed by atoms with Crippen molar-refractivity contribution in [1.29, 1.82) is 0 Å². The first-order chi connectivity index (χ1) is 8.93. The Balaban J connectivity index is 2.47. The molecular formula is C12H19N3O4. The predicted octanol–water partition coefficient (Wildman–Crippen LogP) is 1.24. The number of carboxylic acid groups (broad SMARTS) is 1. The van der Waals surface area contributed by atoms with E-state index in [2.05, 4.69) is 10.5 Å². The molecular weight excluding hydrogens is 250 g/mol. The van der Waals surface area contributed by atoms with E-state index >= 15 is 0 Å². The summed E-state index contributed by atoms with van der Waals surface area (Å²) in [5.41, 5.74) is 0.633. The summed E-state index contributed by atoms with van der Waals surface area (Å²) in [6.45, 7) is 6.02. The Bertz CT molecular complexity index is 444. The van der Waals surface area contributed by atoms with Gasteiger partial charge < -0.3 is 19.8 Å². The van der Waals surface area contributed by atoms with Crippen molar-refractivity contribution in [2.45, 2.75) is 27.3 Å². The molecule has 0 aliphatic carbocycles. The van der Waals surface area contributed by atoms with Crippen LogP contribution in [0.5, 0.6) is 0 Å². The van der Waals surface area contributed by atoms with Gasteiger partial charge in [-0.2, -0.15) is 0 Å². The number of carbonyl (C=O) groups is 2. The monoisotopic (exact) mass is 269 g/mol. The number of hydrogen-bond acceptors (Lipinski definition) is 4. The van der Waals surface area contributed by atoms with Crippen molar-refractivity contribution >= 4 is 12.0 Å². The van der Waals surface area contributed by atoms with Crippen LogP contribution in [0.2, 0.25) is 0 Å². The normalized spacial score (nSPS) is 11.9. The molecule has 0 aromatic carbocycles. The lowest BCUT2D eigenvalue weighted by Crippen LogP contribution is -2.42. The predicted molar refractivity (Wildman–Crippen MR) is 67.5 cm³/mol. The van der Waals surface area contributed by atoms with Gasteiger partial charge >= 0.3 is 12.0 Å². The van der Waals surface area contributed by atoms with Crippen LogP contribution < -0.4 is 5.32 Å². The number of aliphatic carboxylic acids is 1. The van der Waals surface area contributed by atoms with Crippen molar-refractivity contribution in [2.24, 2.45) is 5.92 Å². The van der Waals surface area contributed by atoms with E-state index in [1.807, 2.05) is 0 Å². The maximum Gasteiger partial charge on any atom is 0.317 e. The average molecular weight is 269 g/mol. The fraction of sp³-hybridized carbons (Fsp3) is 0.583. The van der Waals surface area contributed by atoms with Gasteiger partial charge in [0, 0.05) is 19.2 Å². The van der Waals surface area contributed by atoms with Crippen LogP contribution in [0.25, 0.3) is 0 Å². The highest BCUT2D eigenvalue weighted by molar-refractivity contribution is 5.75. The zero-order valence-electron chi connectivity index (χ0n) is 11.3. The van der Waals surface area contributed by atoms with E-state index in [-0.39, 0.29) is 19.1 Å². The van der Waals surface area contributed by atoms with Crippen molar-refractivity contribution in [1.82, 2.24) is 15.4 Å². The minimum atomic E-state index is -0.918. The average Bonchev–Trinajstić information content (AvgIpc) is 2.78. The standard InChI is InChI=1S/C12H19N3O4/c1-4-15(7-8(2)11(16)17)12(18)13-6-10-5-9(3)19-14-10/h5,8H,4,6-7H2,1-3H3,(H,13,18)(H,16,17). The van der Waals surface area contributed by atoms with Crippen LogP contribution in [0.1, 0.15) is 25.3 Å². The highest BCUT2D eigenvalue weighted by Crippen LogP contribution is 2.03. The molecule has 0 saturated heterocycles. The number of carbonyl (C=O) groups excluding carboxylic acids is 1. The zero-order chi connectivity index (χ0) is 14.4. The summed E-state index contributed by atoms with van der Waals surface area (Å²) in [6.07, 6.45) is 0. The van der Waals surface area contributed by atoms with Crippen molar-refractivity contribution in [3.63, 3.8) is 0 Å². The quantitative estimate of drug-likeness (QED) is 0.810. The summed E-state index contributed by atoms with van der Waals surface area (Å²) in [6, 6.07) is 1.42. The molecule has 7 nitrogen and oxygen atoms in total. The lowest BCUT2D eigenvalue weighted by molar-refractivity contribution is -0.141. The molecule has 1 aromatic rings. The van der Waals surface area contributed by atoms with E-state index in [0.717, 1.165) is 0 Å².